The van der Waals surface area contributed by atoms with Gasteiger partial charge < -0.3 is 20.3 Å². The molecule has 2 aliphatic rings. The molecule has 0 heterocycles. The molecule has 0 aromatic heterocycles. The molecule has 1 aromatic carbocycles. The number of carbonyl (C=O) groups excluding carboxylic acids is 3. The van der Waals surface area contributed by atoms with E-state index in [1.165, 1.54) is 6.42 Å². The summed E-state index contributed by atoms with van der Waals surface area (Å²) in [6.07, 6.45) is 5.55. The third-order valence-corrected chi connectivity index (χ3v) is 6.74. The lowest BCUT2D eigenvalue weighted by Crippen LogP contribution is -2.54. The summed E-state index contributed by atoms with van der Waals surface area (Å²) in [5, 5.41) is 5.91. The molecule has 2 aliphatic carbocycles. The van der Waals surface area contributed by atoms with E-state index in [1.807, 2.05) is 31.2 Å². The van der Waals surface area contributed by atoms with Gasteiger partial charge in [-0.15, -0.1) is 0 Å². The molecule has 0 spiro atoms. The highest BCUT2D eigenvalue weighted by Gasteiger charge is 2.48. The lowest BCUT2D eigenvalue weighted by molar-refractivity contribution is -0.143. The first kappa shape index (κ1) is 26.0. The van der Waals surface area contributed by atoms with Gasteiger partial charge >= 0.3 is 6.09 Å². The molecule has 34 heavy (non-hydrogen) atoms. The van der Waals surface area contributed by atoms with E-state index in [9.17, 15) is 14.4 Å². The van der Waals surface area contributed by atoms with Crippen LogP contribution in [0.1, 0.15) is 90.3 Å². The maximum absolute atomic E-state index is 13.8. The predicted molar refractivity (Wildman–Crippen MR) is 132 cm³/mol. The van der Waals surface area contributed by atoms with Crippen LogP contribution in [-0.2, 0) is 14.3 Å². The summed E-state index contributed by atoms with van der Waals surface area (Å²) < 4.78 is 5.35. The van der Waals surface area contributed by atoms with E-state index in [2.05, 4.69) is 17.6 Å². The number of nitrogens with one attached hydrogen (secondary N) is 2. The van der Waals surface area contributed by atoms with Gasteiger partial charge in [-0.1, -0.05) is 50.5 Å². The van der Waals surface area contributed by atoms with E-state index in [0.717, 1.165) is 43.2 Å². The van der Waals surface area contributed by atoms with Crippen molar-refractivity contribution >= 4 is 17.9 Å². The number of hydrogen-bond acceptors (Lipinski definition) is 4. The molecule has 2 saturated carbocycles. The van der Waals surface area contributed by atoms with Crippen molar-refractivity contribution in [1.82, 2.24) is 15.5 Å². The molecule has 3 rings (SSSR count). The molecule has 188 valence electrons. The number of nitrogens with zero attached hydrogens (tertiary/aromatic N) is 1. The van der Waals surface area contributed by atoms with Crippen LogP contribution in [0.2, 0.25) is 0 Å². The van der Waals surface area contributed by atoms with Gasteiger partial charge in [-0.05, 0) is 70.9 Å². The first-order chi connectivity index (χ1) is 16.0. The van der Waals surface area contributed by atoms with Gasteiger partial charge in [-0.25, -0.2) is 4.79 Å². The van der Waals surface area contributed by atoms with Crippen molar-refractivity contribution in [2.24, 2.45) is 5.92 Å². The van der Waals surface area contributed by atoms with Gasteiger partial charge in [-0.2, -0.15) is 0 Å². The molecule has 0 bridgehead atoms. The first-order valence-electron chi connectivity index (χ1n) is 12.7. The monoisotopic (exact) mass is 471 g/mol. The summed E-state index contributed by atoms with van der Waals surface area (Å²) in [7, 11) is 0. The summed E-state index contributed by atoms with van der Waals surface area (Å²) in [6.45, 7) is 11.0. The summed E-state index contributed by atoms with van der Waals surface area (Å²) in [5.74, 6) is -0.114. The van der Waals surface area contributed by atoms with E-state index in [4.69, 9.17) is 4.74 Å². The summed E-state index contributed by atoms with van der Waals surface area (Å²) in [6, 6.07) is 6.27. The highest BCUT2D eigenvalue weighted by molar-refractivity contribution is 5.92. The normalized spacial score (nSPS) is 22.3. The lowest BCUT2D eigenvalue weighted by atomic mass is 9.93. The van der Waals surface area contributed by atoms with Crippen LogP contribution in [0.4, 0.5) is 4.79 Å². The number of carbonyl (C=O) groups is 3. The van der Waals surface area contributed by atoms with Crippen LogP contribution in [-0.4, -0.2) is 46.5 Å². The number of rotatable bonds is 7. The van der Waals surface area contributed by atoms with Gasteiger partial charge in [0.25, 0.3) is 0 Å². The van der Waals surface area contributed by atoms with Gasteiger partial charge in [0.15, 0.2) is 0 Å². The van der Waals surface area contributed by atoms with Crippen LogP contribution in [0.25, 0.3) is 0 Å². The van der Waals surface area contributed by atoms with E-state index < -0.39 is 23.8 Å². The summed E-state index contributed by atoms with van der Waals surface area (Å²) in [4.78, 5) is 41.6. The van der Waals surface area contributed by atoms with E-state index >= 15 is 0 Å². The van der Waals surface area contributed by atoms with E-state index in [1.54, 1.807) is 32.6 Å². The topological polar surface area (TPSA) is 87.7 Å². The van der Waals surface area contributed by atoms with Crippen LogP contribution in [0, 0.1) is 12.8 Å². The average Bonchev–Trinajstić information content (AvgIpc) is 3.47. The second kappa shape index (κ2) is 10.8. The minimum Gasteiger partial charge on any atom is -0.444 e. The molecule has 2 N–H and O–H groups in total. The lowest BCUT2D eigenvalue weighted by Gasteiger charge is -2.36. The molecule has 3 amide bonds. The number of ether oxygens (including phenoxy) is 1. The van der Waals surface area contributed by atoms with E-state index in [-0.39, 0.29) is 23.9 Å². The van der Waals surface area contributed by atoms with Crippen molar-refractivity contribution in [2.45, 2.75) is 110 Å². The third-order valence-electron chi connectivity index (χ3n) is 6.74. The predicted octanol–water partition coefficient (Wildman–Crippen LogP) is 4.64. The Hall–Kier alpha value is -2.57. The van der Waals surface area contributed by atoms with Gasteiger partial charge in [-0.3, -0.25) is 9.59 Å². The van der Waals surface area contributed by atoms with Crippen molar-refractivity contribution in [3.63, 3.8) is 0 Å². The molecule has 4 atom stereocenters. The largest absolute Gasteiger partial charge is 0.444 e. The molecule has 0 radical (unpaired) electrons. The molecule has 2 fully saturated rings. The highest BCUT2D eigenvalue weighted by Crippen LogP contribution is 2.41. The smallest absolute Gasteiger partial charge is 0.408 e. The zero-order valence-corrected chi connectivity index (χ0v) is 21.5. The Balaban J connectivity index is 1.89. The summed E-state index contributed by atoms with van der Waals surface area (Å²) in [5.41, 5.74) is 1.12. The zero-order valence-electron chi connectivity index (χ0n) is 21.5. The Morgan fingerprint density at radius 1 is 1.09 bits per heavy atom. The second-order valence-electron chi connectivity index (χ2n) is 11.0. The van der Waals surface area contributed by atoms with Crippen LogP contribution in [0.3, 0.4) is 0 Å². The number of alkyl carbamates (subject to hydrolysis) is 1. The Labute approximate surface area is 204 Å². The summed E-state index contributed by atoms with van der Waals surface area (Å²) >= 11 is 0. The van der Waals surface area contributed by atoms with Crippen molar-refractivity contribution in [3.8, 4) is 0 Å². The molecular formula is C27H41N3O4. The zero-order chi connectivity index (χ0) is 25.0. The standard InChI is InChI=1S/C27H41N3O4/c1-17-12-10-11-15-21(17)23(24(31)29-20-13-8-7-9-14-20)30(22-16-18(22)2)25(32)19(3)28-26(33)34-27(4,5)6/h10-12,15,18-20,22-23H,7-9,13-14,16H2,1-6H3,(H,28,33)(H,29,31). The fraction of sp³-hybridized carbons (Fsp3) is 0.667. The molecular weight excluding hydrogens is 430 g/mol. The Morgan fingerprint density at radius 2 is 1.71 bits per heavy atom. The molecule has 7 heteroatoms. The van der Waals surface area contributed by atoms with E-state index in [0.29, 0.717) is 5.92 Å². The quantitative estimate of drug-likeness (QED) is 0.607. The third kappa shape index (κ3) is 6.73. The molecule has 0 aliphatic heterocycles. The maximum Gasteiger partial charge on any atom is 0.408 e. The van der Waals surface area contributed by atoms with Gasteiger partial charge in [0.2, 0.25) is 11.8 Å². The number of benzene rings is 1. The minimum atomic E-state index is -0.823. The second-order valence-corrected chi connectivity index (χ2v) is 11.0. The van der Waals surface area contributed by atoms with Crippen molar-refractivity contribution < 1.29 is 19.1 Å². The molecule has 1 aromatic rings. The van der Waals surface area contributed by atoms with Gasteiger partial charge in [0, 0.05) is 12.1 Å². The van der Waals surface area contributed by atoms with Crippen molar-refractivity contribution in [1.29, 1.82) is 0 Å². The Kier molecular flexibility index (Phi) is 8.26. The number of hydrogen-bond donors (Lipinski definition) is 2. The first-order valence-corrected chi connectivity index (χ1v) is 12.7. The number of amides is 3. The van der Waals surface area contributed by atoms with Crippen LogP contribution in [0.5, 0.6) is 0 Å². The van der Waals surface area contributed by atoms with Gasteiger partial charge in [0.05, 0.1) is 0 Å². The van der Waals surface area contributed by atoms with Crippen molar-refractivity contribution in [2.75, 3.05) is 0 Å². The van der Waals surface area contributed by atoms with Crippen LogP contribution in [0.15, 0.2) is 24.3 Å². The van der Waals surface area contributed by atoms with Crippen LogP contribution >= 0.6 is 0 Å². The maximum atomic E-state index is 13.8. The minimum absolute atomic E-state index is 0.0444. The highest BCUT2D eigenvalue weighted by atomic mass is 16.6. The Morgan fingerprint density at radius 3 is 2.26 bits per heavy atom. The van der Waals surface area contributed by atoms with Crippen molar-refractivity contribution in [3.05, 3.63) is 35.4 Å². The SMILES string of the molecule is Cc1ccccc1C(C(=O)NC1CCCCC1)N(C(=O)C(C)NC(=O)OC(C)(C)C)C1CC1C. The molecule has 4 unspecified atom stereocenters. The Bertz CT molecular complexity index is 888. The fourth-order valence-electron chi connectivity index (χ4n) is 4.78. The average molecular weight is 472 g/mol. The molecule has 7 nitrogen and oxygen atoms in total. The molecule has 0 saturated heterocycles. The number of aryl methyl sites for hydroxylation is 1. The van der Waals surface area contributed by atoms with Gasteiger partial charge in [0.1, 0.15) is 17.7 Å². The fourth-order valence-corrected chi connectivity index (χ4v) is 4.78. The van der Waals surface area contributed by atoms with Crippen LogP contribution < -0.4 is 10.6 Å².